The number of rotatable bonds is 10. The Morgan fingerprint density at radius 2 is 1.64 bits per heavy atom. The maximum absolute atomic E-state index is 5.40. The summed E-state index contributed by atoms with van der Waals surface area (Å²) in [6.45, 7) is 2.26. The Morgan fingerprint density at radius 1 is 1.07 bits per heavy atom. The summed E-state index contributed by atoms with van der Waals surface area (Å²) in [5.41, 5.74) is 5.40. The number of hydrogen-bond acceptors (Lipinski definition) is 2. The van der Waals surface area contributed by atoms with E-state index in [0.717, 1.165) is 5.75 Å². The van der Waals surface area contributed by atoms with Crippen molar-refractivity contribution < 1.29 is 0 Å². The van der Waals surface area contributed by atoms with Crippen LogP contribution < -0.4 is 5.73 Å². The van der Waals surface area contributed by atoms with Crippen LogP contribution in [-0.4, -0.2) is 16.5 Å². The highest BCUT2D eigenvalue weighted by Crippen LogP contribution is 2.10. The third-order valence-corrected chi connectivity index (χ3v) is 3.56. The fourth-order valence-electron chi connectivity index (χ4n) is 1.33. The van der Waals surface area contributed by atoms with E-state index in [4.69, 9.17) is 18.0 Å². The van der Waals surface area contributed by atoms with Crippen molar-refractivity contribution in [3.05, 3.63) is 0 Å². The zero-order valence-electron chi connectivity index (χ0n) is 9.26. The molecule has 0 rings (SSSR count). The largest absolute Gasteiger partial charge is 0.393 e. The molecule has 0 aromatic carbocycles. The lowest BCUT2D eigenvalue weighted by molar-refractivity contribution is 0.603. The van der Waals surface area contributed by atoms with Crippen LogP contribution in [-0.2, 0) is 0 Å². The van der Waals surface area contributed by atoms with Crippen molar-refractivity contribution in [1.29, 1.82) is 0 Å². The van der Waals surface area contributed by atoms with Gasteiger partial charge in [-0.2, -0.15) is 11.8 Å². The molecule has 0 aliphatic rings. The van der Waals surface area contributed by atoms with Crippen molar-refractivity contribution in [2.75, 3.05) is 11.5 Å². The highest BCUT2D eigenvalue weighted by Gasteiger charge is 1.93. The maximum atomic E-state index is 5.40. The Hall–Kier alpha value is 0.240. The van der Waals surface area contributed by atoms with E-state index in [1.54, 1.807) is 0 Å². The molecule has 0 spiro atoms. The highest BCUT2D eigenvalue weighted by atomic mass is 32.2. The molecule has 0 atom stereocenters. The first-order valence-corrected chi connectivity index (χ1v) is 7.19. The molecule has 0 fully saturated rings. The van der Waals surface area contributed by atoms with Crippen LogP contribution >= 0.6 is 24.0 Å². The molecule has 0 saturated heterocycles. The molecule has 0 unspecified atom stereocenters. The molecule has 14 heavy (non-hydrogen) atoms. The quantitative estimate of drug-likeness (QED) is 0.460. The highest BCUT2D eigenvalue weighted by molar-refractivity contribution is 8.01. The van der Waals surface area contributed by atoms with E-state index < -0.39 is 0 Å². The lowest BCUT2D eigenvalue weighted by Gasteiger charge is -2.01. The first kappa shape index (κ1) is 14.2. The van der Waals surface area contributed by atoms with Crippen LogP contribution in [0.3, 0.4) is 0 Å². The number of nitrogens with two attached hydrogens (primary N) is 1. The Balaban J connectivity index is 2.88. The normalized spacial score (nSPS) is 10.4. The molecular formula is C11H23NS2. The lowest BCUT2D eigenvalue weighted by atomic mass is 10.1. The monoisotopic (exact) mass is 233 g/mol. The number of unbranched alkanes of at least 4 members (excludes halogenated alkanes) is 6. The average Bonchev–Trinajstić information content (AvgIpc) is 2.15. The molecule has 0 aromatic rings. The van der Waals surface area contributed by atoms with Crippen molar-refractivity contribution in [1.82, 2.24) is 0 Å². The van der Waals surface area contributed by atoms with E-state index in [9.17, 15) is 0 Å². The Morgan fingerprint density at radius 3 is 2.21 bits per heavy atom. The molecule has 0 heterocycles. The SMILES string of the molecule is CCCCCCCCCSCC(N)=S. The van der Waals surface area contributed by atoms with Gasteiger partial charge in [0.1, 0.15) is 0 Å². The molecule has 0 bridgehead atoms. The molecule has 0 amide bonds. The molecule has 3 heteroatoms. The average molecular weight is 233 g/mol. The van der Waals surface area contributed by atoms with Crippen molar-refractivity contribution in [2.24, 2.45) is 5.73 Å². The number of hydrogen-bond donors (Lipinski definition) is 1. The van der Waals surface area contributed by atoms with Gasteiger partial charge < -0.3 is 5.73 Å². The number of thioether (sulfide) groups is 1. The minimum absolute atomic E-state index is 0.637. The van der Waals surface area contributed by atoms with Gasteiger partial charge in [0, 0.05) is 5.75 Å². The fraction of sp³-hybridized carbons (Fsp3) is 0.909. The van der Waals surface area contributed by atoms with E-state index >= 15 is 0 Å². The summed E-state index contributed by atoms with van der Waals surface area (Å²) in [5, 5.41) is 0. The van der Waals surface area contributed by atoms with Gasteiger partial charge in [-0.05, 0) is 12.2 Å². The van der Waals surface area contributed by atoms with E-state index in [1.165, 1.54) is 50.7 Å². The topological polar surface area (TPSA) is 26.0 Å². The van der Waals surface area contributed by atoms with E-state index in [2.05, 4.69) is 6.92 Å². The second kappa shape index (κ2) is 11.3. The minimum atomic E-state index is 0.637. The Bertz CT molecular complexity index is 137. The molecule has 0 aromatic heterocycles. The summed E-state index contributed by atoms with van der Waals surface area (Å²) in [5.74, 6) is 2.07. The van der Waals surface area contributed by atoms with E-state index in [1.807, 2.05) is 11.8 Å². The van der Waals surface area contributed by atoms with Gasteiger partial charge in [-0.1, -0.05) is 57.7 Å². The Kier molecular flexibility index (Phi) is 11.5. The van der Waals surface area contributed by atoms with Gasteiger partial charge in [0.05, 0.1) is 4.99 Å². The Labute approximate surface area is 98.2 Å². The zero-order valence-corrected chi connectivity index (χ0v) is 10.9. The second-order valence-electron chi connectivity index (χ2n) is 3.64. The number of thiocarbonyl (C=S) groups is 1. The van der Waals surface area contributed by atoms with Gasteiger partial charge in [-0.25, -0.2) is 0 Å². The van der Waals surface area contributed by atoms with Gasteiger partial charge in [0.15, 0.2) is 0 Å². The minimum Gasteiger partial charge on any atom is -0.393 e. The summed E-state index contributed by atoms with van der Waals surface area (Å²) in [6.07, 6.45) is 9.64. The molecule has 1 nitrogen and oxygen atoms in total. The van der Waals surface area contributed by atoms with Crippen LogP contribution in [0.2, 0.25) is 0 Å². The second-order valence-corrected chi connectivity index (χ2v) is 5.27. The van der Waals surface area contributed by atoms with Crippen LogP contribution in [0, 0.1) is 0 Å². The predicted molar refractivity (Wildman–Crippen MR) is 72.1 cm³/mol. The molecular weight excluding hydrogens is 210 g/mol. The van der Waals surface area contributed by atoms with Gasteiger partial charge >= 0.3 is 0 Å². The molecule has 84 valence electrons. The fourth-order valence-corrected chi connectivity index (χ4v) is 2.34. The zero-order chi connectivity index (χ0) is 10.6. The first-order chi connectivity index (χ1) is 6.77. The van der Waals surface area contributed by atoms with E-state index in [-0.39, 0.29) is 0 Å². The molecule has 0 saturated carbocycles. The van der Waals surface area contributed by atoms with Gasteiger partial charge in [-0.3, -0.25) is 0 Å². The lowest BCUT2D eigenvalue weighted by Crippen LogP contribution is -2.10. The standard InChI is InChI=1S/C11H23NS2/c1-2-3-4-5-6-7-8-9-14-10-11(12)13/h2-10H2,1H3,(H2,12,13). The van der Waals surface area contributed by atoms with Crippen LogP contribution in [0.5, 0.6) is 0 Å². The summed E-state index contributed by atoms with van der Waals surface area (Å²) >= 11 is 6.66. The smallest absolute Gasteiger partial charge is 0.0827 e. The van der Waals surface area contributed by atoms with Crippen molar-refractivity contribution >= 4 is 29.0 Å². The predicted octanol–water partition coefficient (Wildman–Crippen LogP) is 3.76. The third-order valence-electron chi connectivity index (χ3n) is 2.14. The van der Waals surface area contributed by atoms with E-state index in [0.29, 0.717) is 4.99 Å². The van der Waals surface area contributed by atoms with Crippen LogP contribution in [0.15, 0.2) is 0 Å². The summed E-state index contributed by atoms with van der Waals surface area (Å²) in [4.78, 5) is 0.637. The first-order valence-electron chi connectivity index (χ1n) is 5.63. The van der Waals surface area contributed by atoms with Gasteiger partial charge in [0.2, 0.25) is 0 Å². The van der Waals surface area contributed by atoms with Crippen molar-refractivity contribution in [2.45, 2.75) is 51.9 Å². The van der Waals surface area contributed by atoms with Crippen molar-refractivity contribution in [3.63, 3.8) is 0 Å². The van der Waals surface area contributed by atoms with Crippen LogP contribution in [0.25, 0.3) is 0 Å². The van der Waals surface area contributed by atoms with Gasteiger partial charge in [-0.15, -0.1) is 0 Å². The molecule has 0 aliphatic heterocycles. The molecule has 0 radical (unpaired) electrons. The summed E-state index contributed by atoms with van der Waals surface area (Å²) in [6, 6.07) is 0. The molecule has 2 N–H and O–H groups in total. The van der Waals surface area contributed by atoms with Crippen LogP contribution in [0.4, 0.5) is 0 Å². The molecule has 0 aliphatic carbocycles. The third kappa shape index (κ3) is 12.2. The van der Waals surface area contributed by atoms with Gasteiger partial charge in [0.25, 0.3) is 0 Å². The maximum Gasteiger partial charge on any atom is 0.0827 e. The van der Waals surface area contributed by atoms with Crippen LogP contribution in [0.1, 0.15) is 51.9 Å². The van der Waals surface area contributed by atoms with Crippen molar-refractivity contribution in [3.8, 4) is 0 Å². The summed E-state index contributed by atoms with van der Waals surface area (Å²) in [7, 11) is 0. The summed E-state index contributed by atoms with van der Waals surface area (Å²) < 4.78 is 0.